The van der Waals surface area contributed by atoms with Gasteiger partial charge in [-0.25, -0.2) is 9.97 Å². The first-order valence-electron chi connectivity index (χ1n) is 12.3. The smallest absolute Gasteiger partial charge is 0.138 e. The second-order valence-corrected chi connectivity index (χ2v) is 11.2. The molecule has 0 aliphatic carbocycles. The van der Waals surface area contributed by atoms with Crippen LogP contribution in [0, 0.1) is 69.2 Å². The molecule has 0 saturated carbocycles. The zero-order chi connectivity index (χ0) is 25.9. The summed E-state index contributed by atoms with van der Waals surface area (Å²) in [6.07, 6.45) is 0. The molecule has 0 saturated heterocycles. The molecular formula is C30H42N4. The summed E-state index contributed by atoms with van der Waals surface area (Å²) in [5.41, 5.74) is 14.7. The summed E-state index contributed by atoms with van der Waals surface area (Å²) < 4.78 is 0. The fraction of sp³-hybridized carbons (Fsp3) is 0.533. The van der Waals surface area contributed by atoms with Crippen LogP contribution in [0.3, 0.4) is 0 Å². The molecule has 0 aliphatic heterocycles. The van der Waals surface area contributed by atoms with Gasteiger partial charge in [0.25, 0.3) is 0 Å². The molecule has 0 radical (unpaired) electrons. The summed E-state index contributed by atoms with van der Waals surface area (Å²) in [6, 6.07) is 0. The van der Waals surface area contributed by atoms with Crippen molar-refractivity contribution in [3.05, 3.63) is 78.9 Å². The molecule has 1 aromatic carbocycles. The maximum Gasteiger partial charge on any atom is 0.138 e. The Balaban J connectivity index is 2.31. The monoisotopic (exact) mass is 458 g/mol. The zero-order valence-corrected chi connectivity index (χ0v) is 23.8. The van der Waals surface area contributed by atoms with Crippen molar-refractivity contribution >= 4 is 0 Å². The van der Waals surface area contributed by atoms with Crippen LogP contribution in [-0.4, -0.2) is 19.9 Å². The van der Waals surface area contributed by atoms with E-state index in [-0.39, 0.29) is 10.8 Å². The van der Waals surface area contributed by atoms with Crippen molar-refractivity contribution < 1.29 is 0 Å². The molecule has 3 rings (SSSR count). The Bertz CT molecular complexity index is 1240. The van der Waals surface area contributed by atoms with Gasteiger partial charge in [-0.2, -0.15) is 0 Å². The number of hydrogen-bond donors (Lipinski definition) is 0. The number of aryl methyl sites for hydroxylation is 5. The third-order valence-electron chi connectivity index (χ3n) is 8.14. The lowest BCUT2D eigenvalue weighted by molar-refractivity contribution is 0.564. The van der Waals surface area contributed by atoms with Gasteiger partial charge in [0.1, 0.15) is 5.82 Å². The Labute approximate surface area is 206 Å². The number of hydrogen-bond acceptors (Lipinski definition) is 4. The maximum absolute atomic E-state index is 5.03. The van der Waals surface area contributed by atoms with E-state index in [9.17, 15) is 0 Å². The van der Waals surface area contributed by atoms with Gasteiger partial charge in [-0.1, -0.05) is 13.8 Å². The van der Waals surface area contributed by atoms with Crippen LogP contribution in [0.4, 0.5) is 0 Å². The van der Waals surface area contributed by atoms with Crippen molar-refractivity contribution in [2.24, 2.45) is 0 Å². The predicted molar refractivity (Wildman–Crippen MR) is 142 cm³/mol. The van der Waals surface area contributed by atoms with Gasteiger partial charge in [0.2, 0.25) is 0 Å². The van der Waals surface area contributed by atoms with E-state index < -0.39 is 0 Å². The summed E-state index contributed by atoms with van der Waals surface area (Å²) in [4.78, 5) is 19.7. The molecule has 0 N–H and O–H groups in total. The van der Waals surface area contributed by atoms with Gasteiger partial charge in [0, 0.05) is 16.8 Å². The molecule has 0 amide bonds. The Morgan fingerprint density at radius 3 is 1.21 bits per heavy atom. The SMILES string of the molecule is Cc1nc(C)c(C(C)(C)c2c(C)c(C)c(C(C)(C)c3nc(C)c(C)c(C)n3)c(C)c2C)nc1C. The van der Waals surface area contributed by atoms with Crippen molar-refractivity contribution in [2.45, 2.75) is 108 Å². The first-order valence-corrected chi connectivity index (χ1v) is 12.3. The van der Waals surface area contributed by atoms with Crippen LogP contribution >= 0.6 is 0 Å². The van der Waals surface area contributed by atoms with E-state index >= 15 is 0 Å². The largest absolute Gasteiger partial charge is 0.255 e. The highest BCUT2D eigenvalue weighted by Gasteiger charge is 2.37. The summed E-state index contributed by atoms with van der Waals surface area (Å²) in [5.74, 6) is 0.890. The molecule has 0 bridgehead atoms. The molecule has 4 heteroatoms. The number of nitrogens with zero attached hydrogens (tertiary/aromatic N) is 4. The molecule has 0 atom stereocenters. The average molecular weight is 459 g/mol. The van der Waals surface area contributed by atoms with E-state index in [0.29, 0.717) is 0 Å². The van der Waals surface area contributed by atoms with E-state index in [1.165, 1.54) is 38.9 Å². The van der Waals surface area contributed by atoms with Crippen LogP contribution in [0.5, 0.6) is 0 Å². The first-order chi connectivity index (χ1) is 15.5. The molecule has 2 aromatic heterocycles. The fourth-order valence-electron chi connectivity index (χ4n) is 5.78. The van der Waals surface area contributed by atoms with E-state index in [4.69, 9.17) is 19.9 Å². The molecule has 0 spiro atoms. The summed E-state index contributed by atoms with van der Waals surface area (Å²) in [5, 5.41) is 0. The lowest BCUT2D eigenvalue weighted by atomic mass is 9.69. The molecular weight excluding hydrogens is 416 g/mol. The second-order valence-electron chi connectivity index (χ2n) is 11.2. The van der Waals surface area contributed by atoms with Crippen LogP contribution in [0.2, 0.25) is 0 Å². The van der Waals surface area contributed by atoms with Gasteiger partial charge in [0.15, 0.2) is 0 Å². The first kappa shape index (κ1) is 26.0. The van der Waals surface area contributed by atoms with E-state index in [1.807, 2.05) is 6.92 Å². The number of rotatable bonds is 4. The predicted octanol–water partition coefficient (Wildman–Crippen LogP) is 7.00. The highest BCUT2D eigenvalue weighted by molar-refractivity contribution is 5.58. The summed E-state index contributed by atoms with van der Waals surface area (Å²) in [7, 11) is 0. The van der Waals surface area contributed by atoms with Gasteiger partial charge in [-0.15, -0.1) is 0 Å². The van der Waals surface area contributed by atoms with Crippen LogP contribution in [0.25, 0.3) is 0 Å². The third-order valence-corrected chi connectivity index (χ3v) is 8.14. The number of aromatic nitrogens is 4. The van der Waals surface area contributed by atoms with Gasteiger partial charge < -0.3 is 0 Å². The average Bonchev–Trinajstić information content (AvgIpc) is 2.72. The lowest BCUT2D eigenvalue weighted by Crippen LogP contribution is -2.30. The molecule has 2 heterocycles. The van der Waals surface area contributed by atoms with Crippen LogP contribution in [0.1, 0.15) is 107 Å². The molecule has 0 fully saturated rings. The minimum Gasteiger partial charge on any atom is -0.255 e. The molecule has 0 aliphatic rings. The zero-order valence-electron chi connectivity index (χ0n) is 23.8. The highest BCUT2D eigenvalue weighted by atomic mass is 14.9. The van der Waals surface area contributed by atoms with Gasteiger partial charge in [-0.05, 0) is 122 Å². The molecule has 182 valence electrons. The minimum atomic E-state index is -0.314. The highest BCUT2D eigenvalue weighted by Crippen LogP contribution is 2.44. The molecule has 3 aromatic rings. The van der Waals surface area contributed by atoms with Gasteiger partial charge in [0.05, 0.1) is 28.2 Å². The molecule has 34 heavy (non-hydrogen) atoms. The van der Waals surface area contributed by atoms with E-state index in [2.05, 4.69) is 90.0 Å². The Morgan fingerprint density at radius 1 is 0.382 bits per heavy atom. The normalized spacial score (nSPS) is 12.4. The van der Waals surface area contributed by atoms with Crippen LogP contribution in [0.15, 0.2) is 0 Å². The second kappa shape index (κ2) is 8.55. The topological polar surface area (TPSA) is 51.6 Å². The third kappa shape index (κ3) is 3.95. The van der Waals surface area contributed by atoms with Gasteiger partial charge in [-0.3, -0.25) is 9.97 Å². The molecule has 0 unspecified atom stereocenters. The lowest BCUT2D eigenvalue weighted by Gasteiger charge is -2.36. The van der Waals surface area contributed by atoms with Crippen LogP contribution < -0.4 is 0 Å². The Morgan fingerprint density at radius 2 is 0.765 bits per heavy atom. The van der Waals surface area contributed by atoms with Crippen molar-refractivity contribution in [1.82, 2.24) is 19.9 Å². The Kier molecular flexibility index (Phi) is 6.54. The fourth-order valence-corrected chi connectivity index (χ4v) is 5.78. The quantitative estimate of drug-likeness (QED) is 0.422. The van der Waals surface area contributed by atoms with Crippen molar-refractivity contribution in [1.29, 1.82) is 0 Å². The standard InChI is InChI=1S/C30H42N4/c1-15-17(3)26(30(13,14)28-33-20(6)19(5)21(7)34-28)18(4)16(2)25(15)29(11,12)27-24(10)31-22(8)23(9)32-27/h1-14H3. The van der Waals surface area contributed by atoms with Crippen molar-refractivity contribution in [3.63, 3.8) is 0 Å². The maximum atomic E-state index is 5.03. The van der Waals surface area contributed by atoms with Crippen LogP contribution in [-0.2, 0) is 10.8 Å². The minimum absolute atomic E-state index is 0.268. The van der Waals surface area contributed by atoms with Gasteiger partial charge >= 0.3 is 0 Å². The van der Waals surface area contributed by atoms with Crippen molar-refractivity contribution in [2.75, 3.05) is 0 Å². The molecule has 4 nitrogen and oxygen atoms in total. The summed E-state index contributed by atoms with van der Waals surface area (Å²) >= 11 is 0. The summed E-state index contributed by atoms with van der Waals surface area (Å²) in [6.45, 7) is 30.5. The van der Waals surface area contributed by atoms with E-state index in [0.717, 1.165) is 40.0 Å². The van der Waals surface area contributed by atoms with Crippen molar-refractivity contribution in [3.8, 4) is 0 Å². The number of benzene rings is 1. The Hall–Kier alpha value is -2.62. The van der Waals surface area contributed by atoms with E-state index in [1.54, 1.807) is 0 Å².